The second kappa shape index (κ2) is 9.20. The summed E-state index contributed by atoms with van der Waals surface area (Å²) in [6, 6.07) is 5.69. The van der Waals surface area contributed by atoms with E-state index in [2.05, 4.69) is 50.9 Å². The van der Waals surface area contributed by atoms with Crippen molar-refractivity contribution in [1.82, 2.24) is 15.3 Å². The van der Waals surface area contributed by atoms with Crippen molar-refractivity contribution in [2.24, 2.45) is 5.92 Å². The lowest BCUT2D eigenvalue weighted by Crippen LogP contribution is -2.25. The molecule has 6 nitrogen and oxygen atoms in total. The Balaban J connectivity index is 1.69. The van der Waals surface area contributed by atoms with Crippen LogP contribution in [0.25, 0.3) is 0 Å². The number of carbonyl (C=O) groups is 1. The van der Waals surface area contributed by atoms with E-state index in [-0.39, 0.29) is 11.3 Å². The van der Waals surface area contributed by atoms with Gasteiger partial charge in [0.25, 0.3) is 5.91 Å². The number of nitrogens with one attached hydrogen (secondary N) is 1. The molecule has 0 saturated heterocycles. The lowest BCUT2D eigenvalue weighted by molar-refractivity contribution is 0.0922. The van der Waals surface area contributed by atoms with Crippen LogP contribution in [0.4, 0.5) is 5.82 Å². The van der Waals surface area contributed by atoms with Gasteiger partial charge in [-0.2, -0.15) is 0 Å². The Morgan fingerprint density at radius 2 is 1.97 bits per heavy atom. The minimum Gasteiger partial charge on any atom is -0.455 e. The minimum absolute atomic E-state index is 0.0579. The minimum atomic E-state index is -0.136. The number of carbonyl (C=O) groups excluding carboxylic acids is 1. The number of nitrogens with zero attached hydrogens (tertiary/aromatic N) is 3. The normalized spacial score (nSPS) is 14.1. The zero-order chi connectivity index (χ0) is 21.0. The lowest BCUT2D eigenvalue weighted by atomic mass is 9.92. The molecule has 0 bridgehead atoms. The van der Waals surface area contributed by atoms with Gasteiger partial charge in [0.1, 0.15) is 11.6 Å². The van der Waals surface area contributed by atoms with Crippen molar-refractivity contribution in [3.63, 3.8) is 0 Å². The summed E-state index contributed by atoms with van der Waals surface area (Å²) in [5.74, 6) is 3.17. The van der Waals surface area contributed by atoms with Crippen molar-refractivity contribution < 1.29 is 9.21 Å². The fourth-order valence-corrected chi connectivity index (χ4v) is 3.68. The highest BCUT2D eigenvalue weighted by atomic mass is 32.2. The molecule has 0 unspecified atom stereocenters. The molecule has 0 aliphatic heterocycles. The summed E-state index contributed by atoms with van der Waals surface area (Å²) < 4.78 is 5.74. The molecule has 158 valence electrons. The molecule has 1 saturated carbocycles. The second-order valence-corrected chi connectivity index (χ2v) is 9.47. The topological polar surface area (TPSA) is 71.3 Å². The van der Waals surface area contributed by atoms with Crippen molar-refractivity contribution in [3.8, 4) is 0 Å². The molecule has 29 heavy (non-hydrogen) atoms. The number of rotatable bonds is 9. The first-order valence-corrected chi connectivity index (χ1v) is 11.4. The number of hydrogen-bond acceptors (Lipinski definition) is 6. The van der Waals surface area contributed by atoms with Crippen LogP contribution in [-0.2, 0) is 11.2 Å². The number of thioether (sulfide) groups is 1. The van der Waals surface area contributed by atoms with Gasteiger partial charge < -0.3 is 14.6 Å². The molecule has 1 amide bonds. The average molecular weight is 417 g/mol. The third-order valence-corrected chi connectivity index (χ3v) is 5.89. The Kier molecular flexibility index (Phi) is 6.88. The van der Waals surface area contributed by atoms with Gasteiger partial charge in [0, 0.05) is 31.1 Å². The lowest BCUT2D eigenvalue weighted by Gasteiger charge is -2.24. The summed E-state index contributed by atoms with van der Waals surface area (Å²) in [6.45, 7) is 13.3. The van der Waals surface area contributed by atoms with E-state index >= 15 is 0 Å². The average Bonchev–Trinajstić information content (AvgIpc) is 3.40. The van der Waals surface area contributed by atoms with Gasteiger partial charge in [-0.05, 0) is 44.7 Å². The van der Waals surface area contributed by atoms with Gasteiger partial charge in [-0.1, -0.05) is 32.5 Å². The van der Waals surface area contributed by atoms with Gasteiger partial charge in [-0.3, -0.25) is 4.79 Å². The molecule has 0 spiro atoms. The third-order valence-electron chi connectivity index (χ3n) is 5.03. The summed E-state index contributed by atoms with van der Waals surface area (Å²) in [7, 11) is 0. The van der Waals surface area contributed by atoms with Crippen LogP contribution in [0.2, 0.25) is 0 Å². The van der Waals surface area contributed by atoms with E-state index in [1.165, 1.54) is 24.6 Å². The maximum Gasteiger partial charge on any atom is 0.287 e. The van der Waals surface area contributed by atoms with Crippen LogP contribution in [-0.4, -0.2) is 35.5 Å². The van der Waals surface area contributed by atoms with E-state index in [1.54, 1.807) is 6.07 Å². The second-order valence-electron chi connectivity index (χ2n) is 8.52. The van der Waals surface area contributed by atoms with E-state index in [1.807, 2.05) is 6.07 Å². The SMILES string of the molecule is CCN(CC)c1cc(C(C)(C)C)nc(SCc2ccc(C(=O)NCC3CC3)o2)n1. The standard InChI is InChI=1S/C22H32N4O2S/c1-6-26(7-2)19-12-18(22(3,4)5)24-21(25-19)29-14-16-10-11-17(28-16)20(27)23-13-15-8-9-15/h10-12,15H,6-9,13-14H2,1-5H3,(H,23,27). The fraction of sp³-hybridized carbons (Fsp3) is 0.591. The summed E-state index contributed by atoms with van der Waals surface area (Å²) in [5.41, 5.74) is 0.967. The first-order chi connectivity index (χ1) is 13.8. The fourth-order valence-electron chi connectivity index (χ4n) is 2.93. The Morgan fingerprint density at radius 1 is 1.24 bits per heavy atom. The number of anilines is 1. The molecule has 0 radical (unpaired) electrons. The molecule has 1 fully saturated rings. The van der Waals surface area contributed by atoms with E-state index in [0.29, 0.717) is 17.4 Å². The van der Waals surface area contributed by atoms with Crippen LogP contribution in [0.5, 0.6) is 0 Å². The molecule has 1 aliphatic rings. The molecular formula is C22H32N4O2S. The molecular weight excluding hydrogens is 384 g/mol. The van der Waals surface area contributed by atoms with Crippen LogP contribution < -0.4 is 10.2 Å². The molecule has 2 heterocycles. The van der Waals surface area contributed by atoms with Crippen molar-refractivity contribution in [1.29, 1.82) is 0 Å². The molecule has 2 aromatic rings. The van der Waals surface area contributed by atoms with Gasteiger partial charge in [-0.25, -0.2) is 9.97 Å². The molecule has 7 heteroatoms. The van der Waals surface area contributed by atoms with E-state index in [4.69, 9.17) is 14.4 Å². The highest BCUT2D eigenvalue weighted by molar-refractivity contribution is 7.98. The van der Waals surface area contributed by atoms with Crippen molar-refractivity contribution in [2.45, 2.75) is 63.8 Å². The highest BCUT2D eigenvalue weighted by Crippen LogP contribution is 2.29. The van der Waals surface area contributed by atoms with Gasteiger partial charge in [0.05, 0.1) is 11.4 Å². The van der Waals surface area contributed by atoms with Gasteiger partial charge in [-0.15, -0.1) is 0 Å². The third kappa shape index (κ3) is 5.98. The number of aromatic nitrogens is 2. The quantitative estimate of drug-likeness (QED) is 0.474. The summed E-state index contributed by atoms with van der Waals surface area (Å²) in [6.07, 6.45) is 2.42. The monoisotopic (exact) mass is 416 g/mol. The predicted molar refractivity (Wildman–Crippen MR) is 118 cm³/mol. The van der Waals surface area contributed by atoms with Crippen molar-refractivity contribution in [2.75, 3.05) is 24.5 Å². The van der Waals surface area contributed by atoms with Crippen LogP contribution >= 0.6 is 11.8 Å². The van der Waals surface area contributed by atoms with Crippen LogP contribution in [0.1, 0.15) is 69.5 Å². The van der Waals surface area contributed by atoms with Gasteiger partial charge in [0.2, 0.25) is 0 Å². The van der Waals surface area contributed by atoms with Crippen LogP contribution in [0.3, 0.4) is 0 Å². The highest BCUT2D eigenvalue weighted by Gasteiger charge is 2.23. The predicted octanol–water partition coefficient (Wildman–Crippen LogP) is 4.65. The Labute approximate surface area is 177 Å². The van der Waals surface area contributed by atoms with Crippen LogP contribution in [0, 0.1) is 5.92 Å². The Bertz CT molecular complexity index is 836. The number of hydrogen-bond donors (Lipinski definition) is 1. The molecule has 3 rings (SSSR count). The number of amides is 1. The summed E-state index contributed by atoms with van der Waals surface area (Å²) in [4.78, 5) is 23.9. The van der Waals surface area contributed by atoms with Crippen LogP contribution in [0.15, 0.2) is 27.8 Å². The summed E-state index contributed by atoms with van der Waals surface area (Å²) in [5, 5.41) is 3.67. The smallest absolute Gasteiger partial charge is 0.287 e. The van der Waals surface area contributed by atoms with Gasteiger partial charge >= 0.3 is 0 Å². The molecule has 1 N–H and O–H groups in total. The first kappa shape index (κ1) is 21.7. The first-order valence-electron chi connectivity index (χ1n) is 10.4. The molecule has 2 aromatic heterocycles. The molecule has 1 aliphatic carbocycles. The maximum absolute atomic E-state index is 12.2. The van der Waals surface area contributed by atoms with E-state index < -0.39 is 0 Å². The maximum atomic E-state index is 12.2. The number of furan rings is 1. The molecule has 0 aromatic carbocycles. The zero-order valence-corrected chi connectivity index (χ0v) is 18.9. The van der Waals surface area contributed by atoms with Crippen molar-refractivity contribution in [3.05, 3.63) is 35.4 Å². The Hall–Kier alpha value is -2.02. The Morgan fingerprint density at radius 3 is 2.59 bits per heavy atom. The van der Waals surface area contributed by atoms with Crippen molar-refractivity contribution >= 4 is 23.5 Å². The summed E-state index contributed by atoms with van der Waals surface area (Å²) >= 11 is 1.54. The van der Waals surface area contributed by atoms with E-state index in [0.717, 1.165) is 42.1 Å². The molecule has 0 atom stereocenters. The van der Waals surface area contributed by atoms with E-state index in [9.17, 15) is 4.79 Å². The largest absolute Gasteiger partial charge is 0.455 e. The van der Waals surface area contributed by atoms with Gasteiger partial charge in [0.15, 0.2) is 10.9 Å². The zero-order valence-electron chi connectivity index (χ0n) is 18.1.